The Bertz CT molecular complexity index is 742. The molecule has 2 aromatic rings. The van der Waals surface area contributed by atoms with E-state index in [0.29, 0.717) is 30.6 Å². The van der Waals surface area contributed by atoms with Crippen LogP contribution in [0.25, 0.3) is 10.7 Å². The fraction of sp³-hybridized carbons (Fsp3) is 0.650. The zero-order valence-electron chi connectivity index (χ0n) is 14.9. The van der Waals surface area contributed by atoms with E-state index in [9.17, 15) is 4.79 Å². The molecule has 4 bridgehead atoms. The maximum absolute atomic E-state index is 12.4. The fourth-order valence-corrected chi connectivity index (χ4v) is 6.33. The van der Waals surface area contributed by atoms with Crippen LogP contribution in [0.4, 0.5) is 0 Å². The molecule has 4 aliphatic rings. The molecule has 4 fully saturated rings. The fourth-order valence-electron chi connectivity index (χ4n) is 5.68. The molecule has 26 heavy (non-hydrogen) atoms. The van der Waals surface area contributed by atoms with Crippen LogP contribution in [-0.2, 0) is 11.2 Å². The average Bonchev–Trinajstić information content (AvgIpc) is 3.29. The number of nitrogens with one attached hydrogen (secondary N) is 1. The Hall–Kier alpha value is -1.69. The summed E-state index contributed by atoms with van der Waals surface area (Å²) in [6.07, 6.45) is 8.76. The zero-order valence-corrected chi connectivity index (χ0v) is 15.7. The Labute approximate surface area is 157 Å². The second-order valence-corrected chi connectivity index (χ2v) is 9.31. The van der Waals surface area contributed by atoms with Crippen molar-refractivity contribution >= 4 is 17.2 Å². The van der Waals surface area contributed by atoms with Gasteiger partial charge in [0.1, 0.15) is 0 Å². The third-order valence-electron chi connectivity index (χ3n) is 6.56. The Morgan fingerprint density at radius 1 is 1.19 bits per heavy atom. The molecule has 4 aliphatic carbocycles. The van der Waals surface area contributed by atoms with Crippen molar-refractivity contribution in [3.05, 3.63) is 23.4 Å². The Morgan fingerprint density at radius 3 is 2.65 bits per heavy atom. The van der Waals surface area contributed by atoms with Crippen molar-refractivity contribution in [2.45, 2.75) is 57.4 Å². The number of amides is 1. The van der Waals surface area contributed by atoms with Crippen LogP contribution < -0.4 is 5.32 Å². The lowest BCUT2D eigenvalue weighted by Crippen LogP contribution is -2.55. The number of hydrogen-bond donors (Lipinski definition) is 1. The topological polar surface area (TPSA) is 68.0 Å². The van der Waals surface area contributed by atoms with Crippen LogP contribution in [0.1, 0.15) is 50.8 Å². The highest BCUT2D eigenvalue weighted by molar-refractivity contribution is 7.13. The van der Waals surface area contributed by atoms with Gasteiger partial charge in [0.2, 0.25) is 17.6 Å². The molecule has 0 spiro atoms. The van der Waals surface area contributed by atoms with Gasteiger partial charge in [0.05, 0.1) is 4.88 Å². The maximum Gasteiger partial charge on any atom is 0.226 e. The minimum Gasteiger partial charge on any atom is -0.353 e. The number of thiophene rings is 1. The zero-order chi connectivity index (χ0) is 17.5. The normalized spacial score (nSPS) is 32.1. The van der Waals surface area contributed by atoms with Crippen molar-refractivity contribution in [2.24, 2.45) is 23.7 Å². The summed E-state index contributed by atoms with van der Waals surface area (Å²) >= 11 is 1.60. The van der Waals surface area contributed by atoms with Gasteiger partial charge in [0.25, 0.3) is 0 Å². The molecule has 6 rings (SSSR count). The summed E-state index contributed by atoms with van der Waals surface area (Å²) in [5.41, 5.74) is 0. The van der Waals surface area contributed by atoms with Crippen molar-refractivity contribution in [1.29, 1.82) is 0 Å². The third kappa shape index (κ3) is 3.20. The van der Waals surface area contributed by atoms with Crippen molar-refractivity contribution in [3.63, 3.8) is 0 Å². The largest absolute Gasteiger partial charge is 0.353 e. The van der Waals surface area contributed by atoms with Gasteiger partial charge in [-0.25, -0.2) is 0 Å². The van der Waals surface area contributed by atoms with Gasteiger partial charge in [0, 0.05) is 18.9 Å². The summed E-state index contributed by atoms with van der Waals surface area (Å²) in [6.45, 7) is 0. The summed E-state index contributed by atoms with van der Waals surface area (Å²) in [5, 5.41) is 9.40. The van der Waals surface area contributed by atoms with E-state index in [1.54, 1.807) is 11.3 Å². The first-order valence-electron chi connectivity index (χ1n) is 9.90. The number of hydrogen-bond acceptors (Lipinski definition) is 5. The number of nitrogens with zero attached hydrogens (tertiary/aromatic N) is 2. The van der Waals surface area contributed by atoms with Crippen LogP contribution in [-0.4, -0.2) is 22.1 Å². The second kappa shape index (κ2) is 6.80. The monoisotopic (exact) mass is 371 g/mol. The molecule has 0 saturated heterocycles. The van der Waals surface area contributed by atoms with Gasteiger partial charge in [-0.05, 0) is 73.6 Å². The van der Waals surface area contributed by atoms with E-state index in [2.05, 4.69) is 15.5 Å². The predicted molar refractivity (Wildman–Crippen MR) is 99.5 cm³/mol. The van der Waals surface area contributed by atoms with Gasteiger partial charge in [-0.1, -0.05) is 11.2 Å². The minimum absolute atomic E-state index is 0.195. The molecule has 5 nitrogen and oxygen atoms in total. The summed E-state index contributed by atoms with van der Waals surface area (Å²) in [4.78, 5) is 17.9. The molecular formula is C20H25N3O2S. The lowest BCUT2D eigenvalue weighted by atomic mass is 9.54. The second-order valence-electron chi connectivity index (χ2n) is 8.37. The van der Waals surface area contributed by atoms with Crippen LogP contribution in [0.2, 0.25) is 0 Å². The Balaban J connectivity index is 1.10. The third-order valence-corrected chi connectivity index (χ3v) is 7.42. The first kappa shape index (κ1) is 16.5. The highest BCUT2D eigenvalue weighted by Crippen LogP contribution is 2.53. The Kier molecular flexibility index (Phi) is 4.31. The highest BCUT2D eigenvalue weighted by atomic mass is 32.1. The SMILES string of the molecule is O=C(CCCc1nc(-c2cccs2)no1)NC1C2CC3CC(C2)CC1C3. The van der Waals surface area contributed by atoms with Gasteiger partial charge in [-0.2, -0.15) is 4.98 Å². The van der Waals surface area contributed by atoms with Crippen molar-refractivity contribution in [3.8, 4) is 10.7 Å². The van der Waals surface area contributed by atoms with E-state index >= 15 is 0 Å². The lowest BCUT2D eigenvalue weighted by molar-refractivity contribution is -0.125. The van der Waals surface area contributed by atoms with E-state index in [4.69, 9.17) is 4.52 Å². The van der Waals surface area contributed by atoms with Crippen molar-refractivity contribution in [1.82, 2.24) is 15.5 Å². The lowest BCUT2D eigenvalue weighted by Gasteiger charge is -2.54. The molecule has 0 aromatic carbocycles. The minimum atomic E-state index is 0.195. The quantitative estimate of drug-likeness (QED) is 0.831. The molecule has 2 aromatic heterocycles. The number of carbonyl (C=O) groups excluding carboxylic acids is 1. The van der Waals surface area contributed by atoms with Crippen LogP contribution in [0.15, 0.2) is 22.0 Å². The average molecular weight is 372 g/mol. The van der Waals surface area contributed by atoms with Crippen LogP contribution in [0.3, 0.4) is 0 Å². The molecule has 0 aliphatic heterocycles. The van der Waals surface area contributed by atoms with Gasteiger partial charge in [-0.15, -0.1) is 11.3 Å². The summed E-state index contributed by atoms with van der Waals surface area (Å²) in [7, 11) is 0. The molecule has 0 unspecified atom stereocenters. The van der Waals surface area contributed by atoms with Gasteiger partial charge < -0.3 is 9.84 Å². The van der Waals surface area contributed by atoms with E-state index in [1.807, 2.05) is 17.5 Å². The number of carbonyl (C=O) groups is 1. The molecule has 0 radical (unpaired) electrons. The standard InChI is InChI=1S/C20H25N3O2S/c24-17(21-19-14-8-12-7-13(10-14)11-15(19)9-12)4-1-5-18-22-20(23-25-18)16-3-2-6-26-16/h2-3,6,12-15,19H,1,4-5,7-11H2,(H,21,24). The van der Waals surface area contributed by atoms with E-state index in [0.717, 1.165) is 35.0 Å². The van der Waals surface area contributed by atoms with Gasteiger partial charge in [-0.3, -0.25) is 4.79 Å². The number of aromatic nitrogens is 2. The van der Waals surface area contributed by atoms with E-state index in [1.165, 1.54) is 32.1 Å². The summed E-state index contributed by atoms with van der Waals surface area (Å²) < 4.78 is 5.31. The first-order valence-corrected chi connectivity index (χ1v) is 10.8. The predicted octanol–water partition coefficient (Wildman–Crippen LogP) is 4.06. The molecular weight excluding hydrogens is 346 g/mol. The number of aryl methyl sites for hydroxylation is 1. The molecule has 6 heteroatoms. The molecule has 0 atom stereocenters. The van der Waals surface area contributed by atoms with Crippen LogP contribution in [0, 0.1) is 23.7 Å². The van der Waals surface area contributed by atoms with Crippen molar-refractivity contribution in [2.75, 3.05) is 0 Å². The van der Waals surface area contributed by atoms with Crippen LogP contribution >= 0.6 is 11.3 Å². The molecule has 2 heterocycles. The van der Waals surface area contributed by atoms with Gasteiger partial charge >= 0.3 is 0 Å². The van der Waals surface area contributed by atoms with E-state index in [-0.39, 0.29) is 5.91 Å². The van der Waals surface area contributed by atoms with Crippen molar-refractivity contribution < 1.29 is 9.32 Å². The molecule has 1 amide bonds. The molecule has 1 N–H and O–H groups in total. The molecule has 138 valence electrons. The highest BCUT2D eigenvalue weighted by Gasteiger charge is 2.48. The maximum atomic E-state index is 12.4. The first-order chi connectivity index (χ1) is 12.7. The summed E-state index contributed by atoms with van der Waals surface area (Å²) in [5.74, 6) is 4.82. The van der Waals surface area contributed by atoms with Gasteiger partial charge in [0.15, 0.2) is 0 Å². The smallest absolute Gasteiger partial charge is 0.226 e. The number of rotatable bonds is 6. The summed E-state index contributed by atoms with van der Waals surface area (Å²) in [6, 6.07) is 4.39. The Morgan fingerprint density at radius 2 is 1.96 bits per heavy atom. The molecule has 4 saturated carbocycles. The van der Waals surface area contributed by atoms with Crippen LogP contribution in [0.5, 0.6) is 0 Å². The van der Waals surface area contributed by atoms with E-state index < -0.39 is 0 Å².